The molecule has 102 valence electrons. The first-order valence-corrected chi connectivity index (χ1v) is 6.50. The van der Waals surface area contributed by atoms with Crippen LogP contribution in [0.1, 0.15) is 11.3 Å². The molecule has 0 radical (unpaired) electrons. The van der Waals surface area contributed by atoms with Crippen LogP contribution in [-0.4, -0.2) is 4.98 Å². The zero-order valence-corrected chi connectivity index (χ0v) is 11.4. The Morgan fingerprint density at radius 3 is 2.71 bits per heavy atom. The molecule has 0 amide bonds. The summed E-state index contributed by atoms with van der Waals surface area (Å²) < 4.78 is 13.7. The molecule has 2 aromatic carbocycles. The standard InChI is InChI=1S/C17H12FN3/c1-11-8-17(14-4-2-3-5-16(14)20-11)21-13-7-6-12(10-19)15(18)9-13/h2-9H,1H3,(H,20,21). The average Bonchev–Trinajstić information content (AvgIpc) is 2.47. The number of nitriles is 1. The van der Waals surface area contributed by atoms with Crippen LogP contribution >= 0.6 is 0 Å². The molecule has 0 aliphatic rings. The molecular formula is C17H12FN3. The van der Waals surface area contributed by atoms with Crippen molar-refractivity contribution in [2.45, 2.75) is 6.92 Å². The van der Waals surface area contributed by atoms with E-state index < -0.39 is 5.82 Å². The number of rotatable bonds is 2. The van der Waals surface area contributed by atoms with Gasteiger partial charge in [0.1, 0.15) is 11.9 Å². The van der Waals surface area contributed by atoms with Gasteiger partial charge in [-0.3, -0.25) is 4.98 Å². The third-order valence-corrected chi connectivity index (χ3v) is 3.21. The maximum absolute atomic E-state index is 13.7. The normalized spacial score (nSPS) is 10.3. The minimum absolute atomic E-state index is 0.0383. The molecule has 0 unspecified atom stereocenters. The highest BCUT2D eigenvalue weighted by Gasteiger charge is 2.06. The van der Waals surface area contributed by atoms with Crippen LogP contribution in [0.15, 0.2) is 48.5 Å². The molecule has 0 aliphatic heterocycles. The fraction of sp³-hybridized carbons (Fsp3) is 0.0588. The summed E-state index contributed by atoms with van der Waals surface area (Å²) in [5.74, 6) is -0.530. The Morgan fingerprint density at radius 2 is 1.95 bits per heavy atom. The number of nitrogens with one attached hydrogen (secondary N) is 1. The van der Waals surface area contributed by atoms with E-state index in [0.29, 0.717) is 5.69 Å². The Bertz CT molecular complexity index is 866. The number of para-hydroxylation sites is 1. The number of anilines is 2. The van der Waals surface area contributed by atoms with E-state index in [0.717, 1.165) is 22.3 Å². The second kappa shape index (κ2) is 5.22. The van der Waals surface area contributed by atoms with Gasteiger partial charge >= 0.3 is 0 Å². The minimum Gasteiger partial charge on any atom is -0.355 e. The highest BCUT2D eigenvalue weighted by Crippen LogP contribution is 2.27. The molecule has 1 aromatic heterocycles. The monoisotopic (exact) mass is 277 g/mol. The topological polar surface area (TPSA) is 48.7 Å². The smallest absolute Gasteiger partial charge is 0.143 e. The number of hydrogen-bond acceptors (Lipinski definition) is 3. The maximum atomic E-state index is 13.7. The molecule has 21 heavy (non-hydrogen) atoms. The van der Waals surface area contributed by atoms with Gasteiger partial charge in [0.05, 0.1) is 11.1 Å². The number of hydrogen-bond donors (Lipinski definition) is 1. The predicted molar refractivity (Wildman–Crippen MR) is 80.9 cm³/mol. The van der Waals surface area contributed by atoms with Crippen LogP contribution < -0.4 is 5.32 Å². The first kappa shape index (κ1) is 13.1. The molecule has 1 heterocycles. The summed E-state index contributed by atoms with van der Waals surface area (Å²) in [6.07, 6.45) is 0. The molecule has 3 rings (SSSR count). The molecule has 0 fully saturated rings. The fourth-order valence-corrected chi connectivity index (χ4v) is 2.25. The van der Waals surface area contributed by atoms with Crippen molar-refractivity contribution in [1.29, 1.82) is 5.26 Å². The van der Waals surface area contributed by atoms with E-state index in [2.05, 4.69) is 10.3 Å². The van der Waals surface area contributed by atoms with Crippen LogP contribution in [0.4, 0.5) is 15.8 Å². The van der Waals surface area contributed by atoms with Crippen molar-refractivity contribution in [1.82, 2.24) is 4.98 Å². The van der Waals surface area contributed by atoms with Gasteiger partial charge in [0, 0.05) is 22.5 Å². The molecule has 4 heteroatoms. The lowest BCUT2D eigenvalue weighted by Crippen LogP contribution is -1.96. The molecule has 3 nitrogen and oxygen atoms in total. The Hall–Kier alpha value is -2.93. The zero-order valence-electron chi connectivity index (χ0n) is 11.4. The van der Waals surface area contributed by atoms with E-state index in [-0.39, 0.29) is 5.56 Å². The molecule has 0 spiro atoms. The number of benzene rings is 2. The van der Waals surface area contributed by atoms with Gasteiger partial charge in [-0.25, -0.2) is 4.39 Å². The second-order valence-electron chi connectivity index (χ2n) is 4.76. The molecule has 0 aliphatic carbocycles. The van der Waals surface area contributed by atoms with E-state index >= 15 is 0 Å². The van der Waals surface area contributed by atoms with Crippen LogP contribution in [0.3, 0.4) is 0 Å². The molecule has 3 aromatic rings. The number of aromatic nitrogens is 1. The van der Waals surface area contributed by atoms with Crippen LogP contribution in [0.5, 0.6) is 0 Å². The van der Waals surface area contributed by atoms with E-state index in [1.807, 2.05) is 43.3 Å². The summed E-state index contributed by atoms with van der Waals surface area (Å²) in [5.41, 5.74) is 3.26. The maximum Gasteiger partial charge on any atom is 0.143 e. The van der Waals surface area contributed by atoms with Gasteiger partial charge in [0.25, 0.3) is 0 Å². The van der Waals surface area contributed by atoms with Crippen LogP contribution in [-0.2, 0) is 0 Å². The molecule has 1 N–H and O–H groups in total. The number of aryl methyl sites for hydroxylation is 1. The quantitative estimate of drug-likeness (QED) is 0.759. The number of pyridine rings is 1. The minimum atomic E-state index is -0.530. The Kier molecular flexibility index (Phi) is 3.25. The third kappa shape index (κ3) is 2.54. The Morgan fingerprint density at radius 1 is 1.14 bits per heavy atom. The molecule has 0 saturated heterocycles. The molecular weight excluding hydrogens is 265 g/mol. The van der Waals surface area contributed by atoms with E-state index in [9.17, 15) is 4.39 Å². The van der Waals surface area contributed by atoms with Crippen molar-refractivity contribution in [3.63, 3.8) is 0 Å². The van der Waals surface area contributed by atoms with E-state index in [4.69, 9.17) is 5.26 Å². The first-order chi connectivity index (χ1) is 10.2. The second-order valence-corrected chi connectivity index (χ2v) is 4.76. The molecule has 0 saturated carbocycles. The third-order valence-electron chi connectivity index (χ3n) is 3.21. The van der Waals surface area contributed by atoms with Crippen molar-refractivity contribution >= 4 is 22.3 Å². The fourth-order valence-electron chi connectivity index (χ4n) is 2.25. The van der Waals surface area contributed by atoms with Gasteiger partial charge in [0.2, 0.25) is 0 Å². The highest BCUT2D eigenvalue weighted by molar-refractivity contribution is 5.93. The number of halogens is 1. The lowest BCUT2D eigenvalue weighted by molar-refractivity contribution is 0.624. The highest BCUT2D eigenvalue weighted by atomic mass is 19.1. The van der Waals surface area contributed by atoms with Crippen molar-refractivity contribution in [3.05, 3.63) is 65.6 Å². The SMILES string of the molecule is Cc1cc(Nc2ccc(C#N)c(F)c2)c2ccccc2n1. The zero-order chi connectivity index (χ0) is 14.8. The average molecular weight is 277 g/mol. The van der Waals surface area contributed by atoms with E-state index in [1.54, 1.807) is 6.07 Å². The summed E-state index contributed by atoms with van der Waals surface area (Å²) >= 11 is 0. The molecule has 0 bridgehead atoms. The summed E-state index contributed by atoms with van der Waals surface area (Å²) in [7, 11) is 0. The Balaban J connectivity index is 2.06. The van der Waals surface area contributed by atoms with E-state index in [1.165, 1.54) is 12.1 Å². The first-order valence-electron chi connectivity index (χ1n) is 6.50. The lowest BCUT2D eigenvalue weighted by atomic mass is 10.1. The van der Waals surface area contributed by atoms with Crippen molar-refractivity contribution in [3.8, 4) is 6.07 Å². The summed E-state index contributed by atoms with van der Waals surface area (Å²) in [6, 6.07) is 16.0. The van der Waals surface area contributed by atoms with Gasteiger partial charge in [-0.2, -0.15) is 5.26 Å². The van der Waals surface area contributed by atoms with Gasteiger partial charge in [-0.1, -0.05) is 18.2 Å². The number of fused-ring (bicyclic) bond motifs is 1. The van der Waals surface area contributed by atoms with Crippen molar-refractivity contribution in [2.24, 2.45) is 0 Å². The van der Waals surface area contributed by atoms with Gasteiger partial charge < -0.3 is 5.32 Å². The Labute approximate surface area is 121 Å². The van der Waals surface area contributed by atoms with Crippen molar-refractivity contribution < 1.29 is 4.39 Å². The largest absolute Gasteiger partial charge is 0.355 e. The van der Waals surface area contributed by atoms with Crippen LogP contribution in [0.25, 0.3) is 10.9 Å². The van der Waals surface area contributed by atoms with Gasteiger partial charge in [-0.05, 0) is 37.3 Å². The summed E-state index contributed by atoms with van der Waals surface area (Å²) in [4.78, 5) is 4.47. The van der Waals surface area contributed by atoms with Gasteiger partial charge in [-0.15, -0.1) is 0 Å². The predicted octanol–water partition coefficient (Wildman–Crippen LogP) is 4.30. The lowest BCUT2D eigenvalue weighted by Gasteiger charge is -2.11. The summed E-state index contributed by atoms with van der Waals surface area (Å²) in [5, 5.41) is 12.9. The van der Waals surface area contributed by atoms with Gasteiger partial charge in [0.15, 0.2) is 0 Å². The van der Waals surface area contributed by atoms with Crippen LogP contribution in [0.2, 0.25) is 0 Å². The summed E-state index contributed by atoms with van der Waals surface area (Å²) in [6.45, 7) is 1.91. The number of nitrogens with zero attached hydrogens (tertiary/aromatic N) is 2. The van der Waals surface area contributed by atoms with Crippen LogP contribution in [0, 0.1) is 24.1 Å². The molecule has 0 atom stereocenters. The van der Waals surface area contributed by atoms with Crippen molar-refractivity contribution in [2.75, 3.05) is 5.32 Å².